The molecule has 0 radical (unpaired) electrons. The van der Waals surface area contributed by atoms with Crippen LogP contribution in [0.5, 0.6) is 11.5 Å². The number of carboxylic acid groups (broad SMARTS) is 1. The number of anilines is 1. The highest BCUT2D eigenvalue weighted by Gasteiger charge is 2.23. The highest BCUT2D eigenvalue weighted by molar-refractivity contribution is 7.80. The summed E-state index contributed by atoms with van der Waals surface area (Å²) in [5, 5.41) is 9.06. The molecule has 0 aliphatic carbocycles. The Morgan fingerprint density at radius 1 is 1.08 bits per heavy atom. The van der Waals surface area contributed by atoms with Crippen molar-refractivity contribution in [1.29, 1.82) is 0 Å². The standard InChI is InChI=1S/C18H19NO4S/c1-13(12-24)18(22)19(11-17(20)21)14-7-9-16(10-8-14)23-15-5-3-2-4-6-15/h2-10,13,24H,11-12H2,1H3,(H,20,21)/t13-/m0/s1. The van der Waals surface area contributed by atoms with Crippen molar-refractivity contribution in [2.24, 2.45) is 5.92 Å². The average molecular weight is 345 g/mol. The third kappa shape index (κ3) is 4.76. The van der Waals surface area contributed by atoms with Crippen molar-refractivity contribution in [2.45, 2.75) is 6.92 Å². The third-order valence-electron chi connectivity index (χ3n) is 3.38. The lowest BCUT2D eigenvalue weighted by Crippen LogP contribution is -2.39. The van der Waals surface area contributed by atoms with E-state index in [0.29, 0.717) is 22.9 Å². The molecule has 0 bridgehead atoms. The average Bonchev–Trinajstić information content (AvgIpc) is 2.60. The number of hydrogen-bond donors (Lipinski definition) is 2. The van der Waals surface area contributed by atoms with Crippen molar-refractivity contribution in [3.8, 4) is 11.5 Å². The number of thiol groups is 1. The zero-order valence-corrected chi connectivity index (χ0v) is 14.1. The van der Waals surface area contributed by atoms with Gasteiger partial charge in [-0.15, -0.1) is 0 Å². The molecule has 1 N–H and O–H groups in total. The maximum atomic E-state index is 12.4. The Labute approximate surface area is 146 Å². The first-order valence-electron chi connectivity index (χ1n) is 7.48. The number of aliphatic carboxylic acids is 1. The molecule has 0 unspecified atom stereocenters. The highest BCUT2D eigenvalue weighted by atomic mass is 32.1. The molecule has 0 saturated carbocycles. The molecular formula is C18H19NO4S. The molecule has 0 fully saturated rings. The summed E-state index contributed by atoms with van der Waals surface area (Å²) in [5.74, 6) is -0.0526. The molecule has 0 heterocycles. The maximum absolute atomic E-state index is 12.4. The van der Waals surface area contributed by atoms with Gasteiger partial charge in [0.1, 0.15) is 18.0 Å². The van der Waals surface area contributed by atoms with E-state index in [1.165, 1.54) is 4.90 Å². The van der Waals surface area contributed by atoms with Crippen LogP contribution in [0.1, 0.15) is 6.92 Å². The fourth-order valence-electron chi connectivity index (χ4n) is 2.09. The van der Waals surface area contributed by atoms with Crippen LogP contribution in [0.25, 0.3) is 0 Å². The molecule has 1 atom stereocenters. The van der Waals surface area contributed by atoms with Crippen LogP contribution in [0, 0.1) is 5.92 Å². The minimum Gasteiger partial charge on any atom is -0.480 e. The Morgan fingerprint density at radius 2 is 1.67 bits per heavy atom. The van der Waals surface area contributed by atoms with E-state index >= 15 is 0 Å². The topological polar surface area (TPSA) is 66.8 Å². The Morgan fingerprint density at radius 3 is 2.21 bits per heavy atom. The molecule has 2 rings (SSSR count). The molecule has 126 valence electrons. The molecule has 5 nitrogen and oxygen atoms in total. The fourth-order valence-corrected chi connectivity index (χ4v) is 2.25. The predicted molar refractivity (Wildman–Crippen MR) is 96.0 cm³/mol. The summed E-state index contributed by atoms with van der Waals surface area (Å²) in [6, 6.07) is 16.1. The lowest BCUT2D eigenvalue weighted by atomic mass is 10.1. The van der Waals surface area contributed by atoms with Crippen LogP contribution in [0.4, 0.5) is 5.69 Å². The van der Waals surface area contributed by atoms with Gasteiger partial charge >= 0.3 is 5.97 Å². The Kier molecular flexibility index (Phi) is 6.26. The first kappa shape index (κ1) is 17.9. The molecular weight excluding hydrogens is 326 g/mol. The fraction of sp³-hybridized carbons (Fsp3) is 0.222. The number of hydrogen-bond acceptors (Lipinski definition) is 4. The van der Waals surface area contributed by atoms with Gasteiger partial charge in [0.05, 0.1) is 0 Å². The second-order valence-corrected chi connectivity index (χ2v) is 5.68. The molecule has 0 aliphatic heterocycles. The first-order chi connectivity index (χ1) is 11.5. The van der Waals surface area contributed by atoms with Gasteiger partial charge in [-0.05, 0) is 36.4 Å². The number of para-hydroxylation sites is 1. The van der Waals surface area contributed by atoms with Gasteiger partial charge in [-0.2, -0.15) is 12.6 Å². The van der Waals surface area contributed by atoms with E-state index in [9.17, 15) is 9.59 Å². The minimum absolute atomic E-state index is 0.274. The number of benzene rings is 2. The van der Waals surface area contributed by atoms with Gasteiger partial charge in [-0.3, -0.25) is 9.59 Å². The van der Waals surface area contributed by atoms with Crippen LogP contribution in [0.2, 0.25) is 0 Å². The quantitative estimate of drug-likeness (QED) is 0.754. The zero-order valence-electron chi connectivity index (χ0n) is 13.3. The number of carbonyl (C=O) groups excluding carboxylic acids is 1. The number of nitrogens with zero attached hydrogens (tertiary/aromatic N) is 1. The van der Waals surface area contributed by atoms with Gasteiger partial charge in [0.2, 0.25) is 5.91 Å². The van der Waals surface area contributed by atoms with E-state index in [-0.39, 0.29) is 11.8 Å². The molecule has 1 amide bonds. The Hall–Kier alpha value is -2.47. The van der Waals surface area contributed by atoms with E-state index in [0.717, 1.165) is 0 Å². The summed E-state index contributed by atoms with van der Waals surface area (Å²) in [4.78, 5) is 24.7. The largest absolute Gasteiger partial charge is 0.480 e. The summed E-state index contributed by atoms with van der Waals surface area (Å²) in [7, 11) is 0. The van der Waals surface area contributed by atoms with E-state index < -0.39 is 12.5 Å². The number of amides is 1. The first-order valence-corrected chi connectivity index (χ1v) is 8.11. The minimum atomic E-state index is -1.07. The highest BCUT2D eigenvalue weighted by Crippen LogP contribution is 2.25. The van der Waals surface area contributed by atoms with Crippen LogP contribution in [0.15, 0.2) is 54.6 Å². The van der Waals surface area contributed by atoms with Crippen LogP contribution in [-0.4, -0.2) is 29.3 Å². The summed E-state index contributed by atoms with van der Waals surface area (Å²) in [6.45, 7) is 1.33. The van der Waals surface area contributed by atoms with Gasteiger partial charge < -0.3 is 14.7 Å². The van der Waals surface area contributed by atoms with E-state index in [2.05, 4.69) is 12.6 Å². The molecule has 0 aliphatic rings. The van der Waals surface area contributed by atoms with E-state index in [1.54, 1.807) is 31.2 Å². The van der Waals surface area contributed by atoms with Crippen molar-refractivity contribution in [3.63, 3.8) is 0 Å². The second-order valence-electron chi connectivity index (χ2n) is 5.31. The molecule has 24 heavy (non-hydrogen) atoms. The van der Waals surface area contributed by atoms with E-state index in [1.807, 2.05) is 30.3 Å². The lowest BCUT2D eigenvalue weighted by molar-refractivity contribution is -0.137. The number of ether oxygens (including phenoxy) is 1. The van der Waals surface area contributed by atoms with Crippen molar-refractivity contribution >= 4 is 30.2 Å². The molecule has 6 heteroatoms. The normalized spacial score (nSPS) is 11.6. The summed E-state index contributed by atoms with van der Waals surface area (Å²) < 4.78 is 5.69. The molecule has 0 spiro atoms. The number of carbonyl (C=O) groups is 2. The summed E-state index contributed by atoms with van der Waals surface area (Å²) in [5.41, 5.74) is 0.511. The second kappa shape index (κ2) is 8.40. The maximum Gasteiger partial charge on any atom is 0.323 e. The Bertz CT molecular complexity index is 688. The summed E-state index contributed by atoms with van der Waals surface area (Å²) >= 11 is 4.11. The van der Waals surface area contributed by atoms with Gasteiger partial charge in [-0.1, -0.05) is 25.1 Å². The number of rotatable bonds is 7. The lowest BCUT2D eigenvalue weighted by Gasteiger charge is -2.24. The van der Waals surface area contributed by atoms with Crippen LogP contribution >= 0.6 is 12.6 Å². The predicted octanol–water partition coefficient (Wildman–Crippen LogP) is 3.46. The summed E-state index contributed by atoms with van der Waals surface area (Å²) in [6.07, 6.45) is 0. The van der Waals surface area contributed by atoms with Crippen molar-refractivity contribution in [2.75, 3.05) is 17.2 Å². The third-order valence-corrected chi connectivity index (χ3v) is 3.93. The van der Waals surface area contributed by atoms with Gasteiger partial charge in [-0.25, -0.2) is 0 Å². The monoisotopic (exact) mass is 345 g/mol. The van der Waals surface area contributed by atoms with Crippen LogP contribution in [0.3, 0.4) is 0 Å². The smallest absolute Gasteiger partial charge is 0.323 e. The van der Waals surface area contributed by atoms with E-state index in [4.69, 9.17) is 9.84 Å². The zero-order chi connectivity index (χ0) is 17.5. The SMILES string of the molecule is C[C@@H](CS)C(=O)N(CC(=O)O)c1ccc(Oc2ccccc2)cc1. The van der Waals surface area contributed by atoms with Crippen LogP contribution in [-0.2, 0) is 9.59 Å². The van der Waals surface area contributed by atoms with Crippen molar-refractivity contribution < 1.29 is 19.4 Å². The molecule has 2 aromatic rings. The van der Waals surface area contributed by atoms with Gasteiger partial charge in [0, 0.05) is 17.4 Å². The van der Waals surface area contributed by atoms with Crippen molar-refractivity contribution in [3.05, 3.63) is 54.6 Å². The van der Waals surface area contributed by atoms with Crippen molar-refractivity contribution in [1.82, 2.24) is 0 Å². The van der Waals surface area contributed by atoms with Gasteiger partial charge in [0.15, 0.2) is 0 Å². The Balaban J connectivity index is 2.18. The number of carboxylic acids is 1. The molecule has 0 saturated heterocycles. The molecule has 2 aromatic carbocycles. The van der Waals surface area contributed by atoms with Gasteiger partial charge in [0.25, 0.3) is 0 Å². The molecule has 0 aromatic heterocycles. The van der Waals surface area contributed by atoms with Crippen LogP contribution < -0.4 is 9.64 Å².